The third kappa shape index (κ3) is 4.64. The molecule has 5 aromatic rings. The number of nitrogens with zero attached hydrogens (tertiary/aromatic N) is 4. The van der Waals surface area contributed by atoms with Gasteiger partial charge in [-0.1, -0.05) is 12.1 Å². The van der Waals surface area contributed by atoms with Crippen LogP contribution < -0.4 is 0 Å². The first-order valence-corrected chi connectivity index (χ1v) is 12.6. The first kappa shape index (κ1) is 23.1. The maximum Gasteiger partial charge on any atom is 0.416 e. The van der Waals surface area contributed by atoms with E-state index < -0.39 is 21.6 Å². The van der Waals surface area contributed by atoms with Crippen molar-refractivity contribution in [2.75, 3.05) is 0 Å². The summed E-state index contributed by atoms with van der Waals surface area (Å²) >= 11 is 1.02. The van der Waals surface area contributed by atoms with Gasteiger partial charge in [-0.3, -0.25) is 9.97 Å². The van der Waals surface area contributed by atoms with Crippen molar-refractivity contribution in [3.63, 3.8) is 0 Å². The molecule has 0 aliphatic carbocycles. The maximum absolute atomic E-state index is 13.5. The minimum atomic E-state index is -4.51. The largest absolute Gasteiger partial charge is 0.416 e. The Bertz CT molecular complexity index is 1620. The predicted molar refractivity (Wildman–Crippen MR) is 126 cm³/mol. The summed E-state index contributed by atoms with van der Waals surface area (Å²) in [7, 11) is -3.67. The molecule has 0 spiro atoms. The SMILES string of the molecule is O=S(=O)(Cc1ncns1)c1ccc2c(-c3ccc(C(F)(F)F)cc3-c3ccncc3)nccc2c1. The zero-order chi connectivity index (χ0) is 24.6. The lowest BCUT2D eigenvalue weighted by Crippen LogP contribution is -2.06. The third-order valence-electron chi connectivity index (χ3n) is 5.41. The Morgan fingerprint density at radius 2 is 1.66 bits per heavy atom. The molecule has 2 aromatic carbocycles. The van der Waals surface area contributed by atoms with E-state index in [0.29, 0.717) is 38.2 Å². The zero-order valence-electron chi connectivity index (χ0n) is 17.8. The zero-order valence-corrected chi connectivity index (χ0v) is 19.4. The molecule has 6 nitrogen and oxygen atoms in total. The van der Waals surface area contributed by atoms with Crippen molar-refractivity contribution in [2.45, 2.75) is 16.8 Å². The molecule has 0 amide bonds. The molecular formula is C24H15F3N4O2S2. The van der Waals surface area contributed by atoms with Gasteiger partial charge in [-0.2, -0.15) is 17.5 Å². The molecule has 0 aliphatic heterocycles. The highest BCUT2D eigenvalue weighted by molar-refractivity contribution is 7.90. The van der Waals surface area contributed by atoms with Crippen molar-refractivity contribution in [1.82, 2.24) is 19.3 Å². The molecule has 35 heavy (non-hydrogen) atoms. The van der Waals surface area contributed by atoms with Gasteiger partial charge in [0.05, 0.1) is 16.2 Å². The summed E-state index contributed by atoms with van der Waals surface area (Å²) in [5.74, 6) is -0.272. The fourth-order valence-electron chi connectivity index (χ4n) is 3.77. The van der Waals surface area contributed by atoms with Crippen LogP contribution in [-0.4, -0.2) is 27.7 Å². The summed E-state index contributed by atoms with van der Waals surface area (Å²) in [6.07, 6.45) is 1.31. The second kappa shape index (κ2) is 8.82. The summed E-state index contributed by atoms with van der Waals surface area (Å²) in [5.41, 5.74) is 1.04. The number of sulfone groups is 1. The van der Waals surface area contributed by atoms with E-state index in [0.717, 1.165) is 23.7 Å². The lowest BCUT2D eigenvalue weighted by molar-refractivity contribution is -0.137. The van der Waals surface area contributed by atoms with Gasteiger partial charge in [-0.15, -0.1) is 0 Å². The van der Waals surface area contributed by atoms with E-state index in [1.54, 1.807) is 24.3 Å². The van der Waals surface area contributed by atoms with Gasteiger partial charge < -0.3 is 0 Å². The van der Waals surface area contributed by atoms with E-state index in [2.05, 4.69) is 19.3 Å². The summed E-state index contributed by atoms with van der Waals surface area (Å²) in [6, 6.07) is 13.0. The molecule has 0 radical (unpaired) electrons. The van der Waals surface area contributed by atoms with E-state index in [1.165, 1.54) is 43.1 Å². The van der Waals surface area contributed by atoms with E-state index in [4.69, 9.17) is 0 Å². The van der Waals surface area contributed by atoms with Crippen LogP contribution in [0.1, 0.15) is 10.6 Å². The highest BCUT2D eigenvalue weighted by atomic mass is 32.2. The minimum Gasteiger partial charge on any atom is -0.265 e. The molecule has 3 heterocycles. The number of hydrogen-bond donors (Lipinski definition) is 0. The third-order valence-corrected chi connectivity index (χ3v) is 7.88. The van der Waals surface area contributed by atoms with Crippen molar-refractivity contribution < 1.29 is 21.6 Å². The number of pyridine rings is 2. The molecule has 0 saturated carbocycles. The van der Waals surface area contributed by atoms with Crippen LogP contribution in [-0.2, 0) is 21.8 Å². The molecule has 0 N–H and O–H groups in total. The van der Waals surface area contributed by atoms with Crippen LogP contribution in [0.15, 0.2) is 84.4 Å². The Morgan fingerprint density at radius 3 is 2.37 bits per heavy atom. The van der Waals surface area contributed by atoms with Crippen LogP contribution >= 0.6 is 11.5 Å². The normalized spacial score (nSPS) is 12.2. The number of alkyl halides is 3. The first-order chi connectivity index (χ1) is 16.7. The molecule has 176 valence electrons. The smallest absolute Gasteiger partial charge is 0.265 e. The monoisotopic (exact) mass is 512 g/mol. The number of halogens is 3. The van der Waals surface area contributed by atoms with Crippen molar-refractivity contribution in [3.8, 4) is 22.4 Å². The Labute approximate surface area is 202 Å². The Morgan fingerprint density at radius 1 is 0.857 bits per heavy atom. The summed E-state index contributed by atoms with van der Waals surface area (Å²) < 4.78 is 70.0. The van der Waals surface area contributed by atoms with Crippen molar-refractivity contribution >= 4 is 32.1 Å². The average Bonchev–Trinajstić information content (AvgIpc) is 3.35. The quantitative estimate of drug-likeness (QED) is 0.296. The second-order valence-electron chi connectivity index (χ2n) is 7.63. The van der Waals surface area contributed by atoms with Gasteiger partial charge in [-0.05, 0) is 70.5 Å². The number of rotatable bonds is 5. The van der Waals surface area contributed by atoms with Gasteiger partial charge in [0.15, 0.2) is 9.84 Å². The van der Waals surface area contributed by atoms with E-state index in [-0.39, 0.29) is 10.6 Å². The van der Waals surface area contributed by atoms with Gasteiger partial charge in [0.2, 0.25) is 0 Å². The van der Waals surface area contributed by atoms with Crippen molar-refractivity contribution in [1.29, 1.82) is 0 Å². The fraction of sp³-hybridized carbons (Fsp3) is 0.0833. The molecule has 0 fully saturated rings. The number of benzene rings is 2. The lowest BCUT2D eigenvalue weighted by atomic mass is 9.93. The molecule has 0 unspecified atom stereocenters. The Kier molecular flexibility index (Phi) is 5.81. The van der Waals surface area contributed by atoms with E-state index in [1.807, 2.05) is 0 Å². The summed E-state index contributed by atoms with van der Waals surface area (Å²) in [5, 5.41) is 1.58. The molecule has 0 atom stereocenters. The summed E-state index contributed by atoms with van der Waals surface area (Å²) in [4.78, 5) is 12.4. The highest BCUT2D eigenvalue weighted by Gasteiger charge is 2.31. The van der Waals surface area contributed by atoms with Crippen LogP contribution in [0.4, 0.5) is 13.2 Å². The van der Waals surface area contributed by atoms with Gasteiger partial charge in [0.25, 0.3) is 0 Å². The van der Waals surface area contributed by atoms with Crippen LogP contribution in [0.5, 0.6) is 0 Å². The number of aromatic nitrogens is 4. The lowest BCUT2D eigenvalue weighted by Gasteiger charge is -2.15. The molecule has 0 saturated heterocycles. The van der Waals surface area contributed by atoms with Crippen LogP contribution in [0.25, 0.3) is 33.2 Å². The minimum absolute atomic E-state index is 0.110. The molecular weight excluding hydrogens is 497 g/mol. The number of hydrogen-bond acceptors (Lipinski definition) is 7. The fourth-order valence-corrected chi connectivity index (χ4v) is 5.90. The second-order valence-corrected chi connectivity index (χ2v) is 10.5. The van der Waals surface area contributed by atoms with Crippen molar-refractivity contribution in [2.24, 2.45) is 0 Å². The molecule has 0 bridgehead atoms. The predicted octanol–water partition coefficient (Wildman–Crippen LogP) is 5.81. The van der Waals surface area contributed by atoms with E-state index in [9.17, 15) is 21.6 Å². The Balaban J connectivity index is 1.65. The average molecular weight is 513 g/mol. The van der Waals surface area contributed by atoms with Gasteiger partial charge in [-0.25, -0.2) is 13.4 Å². The van der Waals surface area contributed by atoms with Gasteiger partial charge >= 0.3 is 6.18 Å². The van der Waals surface area contributed by atoms with Gasteiger partial charge in [0.1, 0.15) is 17.1 Å². The summed E-state index contributed by atoms with van der Waals surface area (Å²) in [6.45, 7) is 0. The Hall–Kier alpha value is -3.70. The topological polar surface area (TPSA) is 85.7 Å². The molecule has 0 aliphatic rings. The molecule has 3 aromatic heterocycles. The van der Waals surface area contributed by atoms with Crippen molar-refractivity contribution in [3.05, 3.63) is 90.1 Å². The first-order valence-electron chi connectivity index (χ1n) is 10.2. The van der Waals surface area contributed by atoms with Gasteiger partial charge in [0, 0.05) is 29.5 Å². The standard InChI is InChI=1S/C24H15F3N4O2S2/c25-24(26,27)17-1-3-20(21(12-17)15-5-8-28-9-6-15)23-19-4-2-18(11-16(19)7-10-29-23)35(32,33)13-22-30-14-31-34-22/h1-12,14H,13H2. The maximum atomic E-state index is 13.5. The van der Waals surface area contributed by atoms with Crippen LogP contribution in [0, 0.1) is 0 Å². The molecule has 11 heteroatoms. The van der Waals surface area contributed by atoms with Crippen LogP contribution in [0.3, 0.4) is 0 Å². The van der Waals surface area contributed by atoms with Crippen LogP contribution in [0.2, 0.25) is 0 Å². The molecule has 5 rings (SSSR count). The van der Waals surface area contributed by atoms with E-state index >= 15 is 0 Å². The highest BCUT2D eigenvalue weighted by Crippen LogP contribution is 2.39. The number of fused-ring (bicyclic) bond motifs is 1.